The third-order valence-electron chi connectivity index (χ3n) is 7.48. The van der Waals surface area contributed by atoms with Crippen LogP contribution in [0, 0.1) is 11.3 Å². The average Bonchev–Trinajstić information content (AvgIpc) is 3.03. The lowest BCUT2D eigenvalue weighted by Crippen LogP contribution is -2.41. The number of ether oxygens (including phenoxy) is 1. The maximum absolute atomic E-state index is 13.3. The Bertz CT molecular complexity index is 1200. The van der Waals surface area contributed by atoms with Gasteiger partial charge in [0.05, 0.1) is 11.5 Å². The fraction of sp³-hybridized carbons (Fsp3) is 0.346. The molecule has 0 bridgehead atoms. The Labute approximate surface area is 175 Å². The Morgan fingerprint density at radius 2 is 2.03 bits per heavy atom. The number of rotatable bonds is 1. The number of nitrogens with zero attached hydrogens (tertiary/aromatic N) is 1. The van der Waals surface area contributed by atoms with Crippen LogP contribution in [0.1, 0.15) is 44.1 Å². The second-order valence-electron chi connectivity index (χ2n) is 9.19. The zero-order valence-corrected chi connectivity index (χ0v) is 16.9. The van der Waals surface area contributed by atoms with E-state index in [0.29, 0.717) is 12.8 Å². The molecule has 4 heteroatoms. The standard InChI is InChI=1S/C26H23NO3/c1-26-9-7-17-12-19-21(28)3-2-4-23(19)30-25(17)20(26)13-22(29)24(26)16-6-5-15-8-10-27-14-18(15)11-16/h5-12,14,20,24-25H,2-4,13H2,1H3/t20?,24-,25+,26-/m0/s1. The first-order valence-corrected chi connectivity index (χ1v) is 10.7. The van der Waals surface area contributed by atoms with Gasteiger partial charge in [-0.3, -0.25) is 14.6 Å². The lowest BCUT2D eigenvalue weighted by molar-refractivity contribution is -0.119. The van der Waals surface area contributed by atoms with Gasteiger partial charge in [-0.25, -0.2) is 0 Å². The molecule has 30 heavy (non-hydrogen) atoms. The van der Waals surface area contributed by atoms with E-state index in [-0.39, 0.29) is 34.9 Å². The van der Waals surface area contributed by atoms with Gasteiger partial charge in [-0.2, -0.15) is 0 Å². The maximum Gasteiger partial charge on any atom is 0.166 e. The first kappa shape index (κ1) is 17.8. The molecule has 1 aliphatic heterocycles. The van der Waals surface area contributed by atoms with Crippen molar-refractivity contribution in [1.82, 2.24) is 4.98 Å². The van der Waals surface area contributed by atoms with E-state index in [1.807, 2.05) is 18.3 Å². The van der Waals surface area contributed by atoms with Gasteiger partial charge in [0.25, 0.3) is 0 Å². The second kappa shape index (κ2) is 6.24. The smallest absolute Gasteiger partial charge is 0.166 e. The molecule has 0 amide bonds. The molecule has 2 aromatic rings. The molecule has 1 saturated carbocycles. The summed E-state index contributed by atoms with van der Waals surface area (Å²) in [5.41, 5.74) is 2.50. The number of fused-ring (bicyclic) bond motifs is 4. The molecule has 4 nitrogen and oxygen atoms in total. The second-order valence-corrected chi connectivity index (χ2v) is 9.19. The van der Waals surface area contributed by atoms with Crippen molar-refractivity contribution in [3.63, 3.8) is 0 Å². The van der Waals surface area contributed by atoms with E-state index in [0.717, 1.165) is 46.1 Å². The van der Waals surface area contributed by atoms with Crippen molar-refractivity contribution in [2.75, 3.05) is 0 Å². The first-order valence-electron chi connectivity index (χ1n) is 10.7. The third-order valence-corrected chi connectivity index (χ3v) is 7.48. The molecule has 1 fully saturated rings. The summed E-state index contributed by atoms with van der Waals surface area (Å²) in [5.74, 6) is 1.14. The molecule has 1 aromatic carbocycles. The summed E-state index contributed by atoms with van der Waals surface area (Å²) in [6.45, 7) is 2.19. The van der Waals surface area contributed by atoms with E-state index in [2.05, 4.69) is 42.3 Å². The lowest BCUT2D eigenvalue weighted by Gasteiger charge is -2.43. The summed E-state index contributed by atoms with van der Waals surface area (Å²) in [7, 11) is 0. The van der Waals surface area contributed by atoms with Crippen LogP contribution in [0.3, 0.4) is 0 Å². The Hall–Kier alpha value is -3.01. The van der Waals surface area contributed by atoms with Crippen LogP contribution in [-0.2, 0) is 14.3 Å². The van der Waals surface area contributed by atoms with Crippen LogP contribution >= 0.6 is 0 Å². The molecule has 0 spiro atoms. The van der Waals surface area contributed by atoms with E-state index in [1.165, 1.54) is 0 Å². The number of Topliss-reactive ketones (excluding diaryl/α,β-unsaturated/α-hetero) is 2. The zero-order valence-electron chi connectivity index (χ0n) is 16.9. The molecular weight excluding hydrogens is 374 g/mol. The third kappa shape index (κ3) is 2.43. The minimum atomic E-state index is -0.314. The summed E-state index contributed by atoms with van der Waals surface area (Å²) in [6, 6.07) is 8.26. The Morgan fingerprint density at radius 3 is 2.93 bits per heavy atom. The predicted molar refractivity (Wildman–Crippen MR) is 114 cm³/mol. The van der Waals surface area contributed by atoms with Gasteiger partial charge in [-0.1, -0.05) is 31.2 Å². The van der Waals surface area contributed by atoms with Crippen LogP contribution in [0.4, 0.5) is 0 Å². The average molecular weight is 397 g/mol. The lowest BCUT2D eigenvalue weighted by atomic mass is 9.64. The number of carbonyl (C=O) groups excluding carboxylic acids is 2. The highest BCUT2D eigenvalue weighted by atomic mass is 16.5. The Morgan fingerprint density at radius 1 is 1.13 bits per heavy atom. The van der Waals surface area contributed by atoms with E-state index >= 15 is 0 Å². The molecule has 4 aliphatic rings. The van der Waals surface area contributed by atoms with Gasteiger partial charge in [-0.05, 0) is 41.2 Å². The van der Waals surface area contributed by atoms with E-state index in [4.69, 9.17) is 4.74 Å². The van der Waals surface area contributed by atoms with E-state index in [9.17, 15) is 9.59 Å². The Kier molecular flexibility index (Phi) is 3.71. The molecule has 1 aromatic heterocycles. The van der Waals surface area contributed by atoms with Crippen LogP contribution in [-0.4, -0.2) is 22.7 Å². The van der Waals surface area contributed by atoms with Gasteiger partial charge in [-0.15, -0.1) is 0 Å². The number of pyridine rings is 1. The van der Waals surface area contributed by atoms with Crippen LogP contribution in [0.5, 0.6) is 0 Å². The summed E-state index contributed by atoms with van der Waals surface area (Å²) in [5, 5.41) is 2.18. The fourth-order valence-corrected chi connectivity index (χ4v) is 5.92. The van der Waals surface area contributed by atoms with Crippen LogP contribution < -0.4 is 0 Å². The summed E-state index contributed by atoms with van der Waals surface area (Å²) < 4.78 is 6.42. The van der Waals surface area contributed by atoms with Gasteiger partial charge in [0, 0.05) is 48.4 Å². The number of ketones is 2. The molecule has 1 unspecified atom stereocenters. The van der Waals surface area contributed by atoms with Crippen molar-refractivity contribution in [2.45, 2.75) is 44.6 Å². The molecular formula is C26H23NO3. The van der Waals surface area contributed by atoms with Gasteiger partial charge in [0.2, 0.25) is 0 Å². The highest BCUT2D eigenvalue weighted by Gasteiger charge is 2.57. The Balaban J connectivity index is 1.42. The van der Waals surface area contributed by atoms with Gasteiger partial charge in [0.1, 0.15) is 17.6 Å². The molecule has 0 radical (unpaired) electrons. The van der Waals surface area contributed by atoms with E-state index in [1.54, 1.807) is 6.20 Å². The molecule has 0 saturated heterocycles. The number of carbonyl (C=O) groups is 2. The van der Waals surface area contributed by atoms with Gasteiger partial charge >= 0.3 is 0 Å². The fourth-order valence-electron chi connectivity index (χ4n) is 5.92. The van der Waals surface area contributed by atoms with Crippen molar-refractivity contribution in [3.8, 4) is 0 Å². The normalized spacial score (nSPS) is 32.4. The largest absolute Gasteiger partial charge is 0.489 e. The predicted octanol–water partition coefficient (Wildman–Crippen LogP) is 4.82. The quantitative estimate of drug-likeness (QED) is 0.693. The van der Waals surface area contributed by atoms with Crippen LogP contribution in [0.2, 0.25) is 0 Å². The molecule has 2 heterocycles. The topological polar surface area (TPSA) is 56.3 Å². The molecule has 3 aliphatic carbocycles. The molecule has 4 atom stereocenters. The minimum Gasteiger partial charge on any atom is -0.489 e. The SMILES string of the molecule is C[C@]12C=CC3=CC4=C(CCCC4=O)O[C@H]3C1CC(=O)[C@@H]2c1ccc2ccncc2c1. The van der Waals surface area contributed by atoms with Crippen molar-refractivity contribution >= 4 is 22.3 Å². The van der Waals surface area contributed by atoms with Crippen molar-refractivity contribution < 1.29 is 14.3 Å². The minimum absolute atomic E-state index is 0.0712. The zero-order chi connectivity index (χ0) is 20.5. The van der Waals surface area contributed by atoms with Crippen LogP contribution in [0.15, 0.2) is 71.8 Å². The van der Waals surface area contributed by atoms with Gasteiger partial charge in [0.15, 0.2) is 5.78 Å². The van der Waals surface area contributed by atoms with Gasteiger partial charge < -0.3 is 4.74 Å². The highest BCUT2D eigenvalue weighted by molar-refractivity contribution is 6.00. The van der Waals surface area contributed by atoms with Crippen molar-refractivity contribution in [1.29, 1.82) is 0 Å². The summed E-state index contributed by atoms with van der Waals surface area (Å²) in [6.07, 6.45) is 12.5. The number of hydrogen-bond donors (Lipinski definition) is 0. The monoisotopic (exact) mass is 397 g/mol. The number of allylic oxidation sites excluding steroid dienone is 4. The summed E-state index contributed by atoms with van der Waals surface area (Å²) in [4.78, 5) is 29.9. The maximum atomic E-state index is 13.3. The van der Waals surface area contributed by atoms with Crippen molar-refractivity contribution in [2.24, 2.45) is 11.3 Å². The van der Waals surface area contributed by atoms with Crippen LogP contribution in [0.25, 0.3) is 10.8 Å². The molecule has 150 valence electrons. The first-order chi connectivity index (χ1) is 14.5. The molecule has 6 rings (SSSR count). The number of hydrogen-bond acceptors (Lipinski definition) is 4. The van der Waals surface area contributed by atoms with Crippen molar-refractivity contribution in [3.05, 3.63) is 77.4 Å². The highest BCUT2D eigenvalue weighted by Crippen LogP contribution is 2.58. The molecule has 0 N–H and O–H groups in total. The summed E-state index contributed by atoms with van der Waals surface area (Å²) >= 11 is 0. The number of benzene rings is 1. The number of aromatic nitrogens is 1. The van der Waals surface area contributed by atoms with E-state index < -0.39 is 0 Å².